The zero-order valence-corrected chi connectivity index (χ0v) is 20.2. The molecule has 1 aliphatic heterocycles. The van der Waals surface area contributed by atoms with E-state index in [-0.39, 0.29) is 27.7 Å². The van der Waals surface area contributed by atoms with Gasteiger partial charge in [-0.25, -0.2) is 0 Å². The Bertz CT molecular complexity index is 1130. The van der Waals surface area contributed by atoms with Gasteiger partial charge in [-0.2, -0.15) is 0 Å². The molecule has 1 unspecified atom stereocenters. The zero-order valence-electron chi connectivity index (χ0n) is 19.5. The predicted molar refractivity (Wildman–Crippen MR) is 131 cm³/mol. The lowest BCUT2D eigenvalue weighted by Gasteiger charge is -2.25. The number of hydrogen-bond acceptors (Lipinski definition) is 6. The van der Waals surface area contributed by atoms with Crippen LogP contribution in [0.3, 0.4) is 0 Å². The quantitative estimate of drug-likeness (QED) is 0.217. The Hall–Kier alpha value is -3.45. The number of nitrogens with zero attached hydrogens (tertiary/aromatic N) is 1. The Morgan fingerprint density at radius 3 is 2.56 bits per heavy atom. The second kappa shape index (κ2) is 11.1. The maximum atomic E-state index is 13.2. The van der Waals surface area contributed by atoms with Gasteiger partial charge in [-0.1, -0.05) is 49.7 Å². The van der Waals surface area contributed by atoms with E-state index in [9.17, 15) is 14.7 Å². The molecule has 7 nitrogen and oxygen atoms in total. The number of Topliss-reactive ketones (excluding diaryl/α,β-unsaturated/α-hetero) is 1. The van der Waals surface area contributed by atoms with Crippen LogP contribution < -0.4 is 14.2 Å². The Morgan fingerprint density at radius 1 is 1.18 bits per heavy atom. The van der Waals surface area contributed by atoms with Gasteiger partial charge in [0.1, 0.15) is 29.6 Å². The zero-order chi connectivity index (χ0) is 24.8. The van der Waals surface area contributed by atoms with Crippen LogP contribution in [0.15, 0.2) is 54.6 Å². The summed E-state index contributed by atoms with van der Waals surface area (Å²) >= 11 is 6.21. The molecular weight excluding hydrogens is 458 g/mol. The van der Waals surface area contributed by atoms with E-state index >= 15 is 0 Å². The van der Waals surface area contributed by atoms with Crippen LogP contribution in [0.2, 0.25) is 5.02 Å². The van der Waals surface area contributed by atoms with Crippen LogP contribution in [-0.2, 0) is 9.59 Å². The number of hydrogen-bond donors (Lipinski definition) is 1. The maximum absolute atomic E-state index is 13.2. The molecule has 1 amide bonds. The Balaban J connectivity index is 2.23. The molecule has 0 radical (unpaired) electrons. The number of rotatable bonds is 10. The van der Waals surface area contributed by atoms with Crippen molar-refractivity contribution in [1.82, 2.24) is 4.90 Å². The van der Waals surface area contributed by atoms with E-state index in [1.54, 1.807) is 30.3 Å². The highest BCUT2D eigenvalue weighted by molar-refractivity contribution is 6.46. The molecule has 8 heteroatoms. The topological polar surface area (TPSA) is 85.3 Å². The molecule has 1 heterocycles. The number of halogens is 1. The fourth-order valence-corrected chi connectivity index (χ4v) is 4.14. The molecule has 1 N–H and O–H groups in total. The minimum absolute atomic E-state index is 0.0374. The average Bonchev–Trinajstić information content (AvgIpc) is 3.10. The van der Waals surface area contributed by atoms with Crippen molar-refractivity contribution in [2.45, 2.75) is 25.8 Å². The molecule has 0 bridgehead atoms. The van der Waals surface area contributed by atoms with Crippen LogP contribution in [0.4, 0.5) is 0 Å². The first kappa shape index (κ1) is 25.2. The molecule has 34 heavy (non-hydrogen) atoms. The van der Waals surface area contributed by atoms with Gasteiger partial charge >= 0.3 is 0 Å². The second-order valence-corrected chi connectivity index (χ2v) is 8.11. The number of ether oxygens (including phenoxy) is 3. The molecule has 1 aliphatic rings. The largest absolute Gasteiger partial charge is 0.507 e. The SMILES string of the molecule is C=CCOc1cccc(C2/C(=C(\O)c3cc(OC)c(Cl)cc3OC)C(=O)C(=O)N2CCCC)c1. The third-order valence-corrected chi connectivity index (χ3v) is 5.86. The predicted octanol–water partition coefficient (Wildman–Crippen LogP) is 5.14. The van der Waals surface area contributed by atoms with Crippen LogP contribution >= 0.6 is 11.6 Å². The van der Waals surface area contributed by atoms with E-state index in [0.29, 0.717) is 36.6 Å². The number of benzene rings is 2. The van der Waals surface area contributed by atoms with E-state index in [1.807, 2.05) is 6.92 Å². The fraction of sp³-hybridized carbons (Fsp3) is 0.308. The summed E-state index contributed by atoms with van der Waals surface area (Å²) in [4.78, 5) is 27.7. The number of likely N-dealkylation sites (tertiary alicyclic amines) is 1. The number of ketones is 1. The molecule has 2 aromatic carbocycles. The van der Waals surface area contributed by atoms with E-state index in [0.717, 1.165) is 6.42 Å². The summed E-state index contributed by atoms with van der Waals surface area (Å²) in [5, 5.41) is 11.7. The van der Waals surface area contributed by atoms with Crippen LogP contribution in [0, 0.1) is 0 Å². The van der Waals surface area contributed by atoms with Crippen molar-refractivity contribution >= 4 is 29.1 Å². The monoisotopic (exact) mass is 485 g/mol. The van der Waals surface area contributed by atoms with Crippen molar-refractivity contribution < 1.29 is 28.9 Å². The van der Waals surface area contributed by atoms with Crippen LogP contribution in [0.1, 0.15) is 36.9 Å². The Kier molecular flexibility index (Phi) is 8.23. The standard InChI is InChI=1S/C26H28ClNO6/c1-5-7-11-28-23(16-9-8-10-17(13-16)34-12-6-2)22(25(30)26(28)31)24(29)18-14-21(33-4)19(27)15-20(18)32-3/h6,8-10,13-15,23,29H,2,5,7,11-12H2,1,3-4H3/b24-22+. The summed E-state index contributed by atoms with van der Waals surface area (Å²) < 4.78 is 16.3. The minimum Gasteiger partial charge on any atom is -0.507 e. The first-order chi connectivity index (χ1) is 16.4. The lowest BCUT2D eigenvalue weighted by molar-refractivity contribution is -0.139. The Labute approximate surface area is 204 Å². The van der Waals surface area contributed by atoms with Crippen molar-refractivity contribution in [1.29, 1.82) is 0 Å². The van der Waals surface area contributed by atoms with E-state index in [2.05, 4.69) is 6.58 Å². The van der Waals surface area contributed by atoms with Gasteiger partial charge in [-0.3, -0.25) is 9.59 Å². The molecule has 1 atom stereocenters. The van der Waals surface area contributed by atoms with Gasteiger partial charge in [0.2, 0.25) is 0 Å². The summed E-state index contributed by atoms with van der Waals surface area (Å²) in [6, 6.07) is 9.27. The molecule has 1 saturated heterocycles. The van der Waals surface area contributed by atoms with Gasteiger partial charge in [0, 0.05) is 12.6 Å². The van der Waals surface area contributed by atoms with Gasteiger partial charge in [-0.15, -0.1) is 0 Å². The lowest BCUT2D eigenvalue weighted by Crippen LogP contribution is -2.30. The first-order valence-electron chi connectivity index (χ1n) is 10.9. The Morgan fingerprint density at radius 2 is 1.91 bits per heavy atom. The second-order valence-electron chi connectivity index (χ2n) is 7.71. The van der Waals surface area contributed by atoms with Gasteiger partial charge < -0.3 is 24.2 Å². The number of unbranched alkanes of at least 4 members (excludes halogenated alkanes) is 1. The summed E-state index contributed by atoms with van der Waals surface area (Å²) in [5.41, 5.74) is 0.796. The van der Waals surface area contributed by atoms with Crippen molar-refractivity contribution in [3.05, 3.63) is 70.8 Å². The summed E-state index contributed by atoms with van der Waals surface area (Å²) in [5.74, 6) is -0.717. The average molecular weight is 486 g/mol. The van der Waals surface area contributed by atoms with Crippen molar-refractivity contribution in [3.8, 4) is 17.2 Å². The third-order valence-electron chi connectivity index (χ3n) is 5.56. The van der Waals surface area contributed by atoms with Crippen LogP contribution in [0.25, 0.3) is 5.76 Å². The van der Waals surface area contributed by atoms with Gasteiger partial charge in [0.05, 0.1) is 36.4 Å². The van der Waals surface area contributed by atoms with Gasteiger partial charge in [-0.05, 0) is 30.2 Å². The van der Waals surface area contributed by atoms with E-state index in [4.69, 9.17) is 25.8 Å². The number of carbonyl (C=O) groups excluding carboxylic acids is 2. The van der Waals surface area contributed by atoms with E-state index in [1.165, 1.54) is 31.3 Å². The van der Waals surface area contributed by atoms with Gasteiger partial charge in [0.15, 0.2) is 0 Å². The number of aliphatic hydroxyl groups excluding tert-OH is 1. The molecule has 0 aromatic heterocycles. The summed E-state index contributed by atoms with van der Waals surface area (Å²) in [6.45, 7) is 6.32. The summed E-state index contributed by atoms with van der Waals surface area (Å²) in [6.07, 6.45) is 3.16. The molecule has 0 aliphatic carbocycles. The molecule has 0 spiro atoms. The molecular formula is C26H28ClNO6. The highest BCUT2D eigenvalue weighted by atomic mass is 35.5. The highest BCUT2D eigenvalue weighted by Crippen LogP contribution is 2.43. The molecule has 3 rings (SSSR count). The van der Waals surface area contributed by atoms with Crippen molar-refractivity contribution in [3.63, 3.8) is 0 Å². The van der Waals surface area contributed by atoms with Crippen molar-refractivity contribution in [2.24, 2.45) is 0 Å². The number of amides is 1. The van der Waals surface area contributed by atoms with Crippen LogP contribution in [0.5, 0.6) is 17.2 Å². The number of carbonyl (C=O) groups is 2. The molecule has 1 fully saturated rings. The number of methoxy groups -OCH3 is 2. The van der Waals surface area contributed by atoms with E-state index < -0.39 is 17.7 Å². The third kappa shape index (κ3) is 4.89. The molecule has 2 aromatic rings. The first-order valence-corrected chi connectivity index (χ1v) is 11.3. The maximum Gasteiger partial charge on any atom is 0.295 e. The van der Waals surface area contributed by atoms with Crippen LogP contribution in [-0.4, -0.2) is 49.1 Å². The van der Waals surface area contributed by atoms with Gasteiger partial charge in [0.25, 0.3) is 11.7 Å². The lowest BCUT2D eigenvalue weighted by atomic mass is 9.94. The molecule has 0 saturated carbocycles. The fourth-order valence-electron chi connectivity index (χ4n) is 3.91. The highest BCUT2D eigenvalue weighted by Gasteiger charge is 2.46. The van der Waals surface area contributed by atoms with Crippen molar-refractivity contribution in [2.75, 3.05) is 27.4 Å². The number of aliphatic hydroxyl groups is 1. The summed E-state index contributed by atoms with van der Waals surface area (Å²) in [7, 11) is 2.86. The normalized spacial score (nSPS) is 17.1. The smallest absolute Gasteiger partial charge is 0.295 e. The molecule has 180 valence electrons. The minimum atomic E-state index is -0.801.